The number of ketones is 1. The normalized spacial score (nSPS) is 12.2. The SMILES string of the molecule is CC(=O)OCCC(CO)C(C)=O. The summed E-state index contributed by atoms with van der Waals surface area (Å²) >= 11 is 0. The van der Waals surface area contributed by atoms with Gasteiger partial charge in [0.15, 0.2) is 0 Å². The number of ether oxygens (including phenoxy) is 1. The van der Waals surface area contributed by atoms with E-state index in [1.165, 1.54) is 13.8 Å². The van der Waals surface area contributed by atoms with Gasteiger partial charge in [-0.15, -0.1) is 0 Å². The lowest BCUT2D eigenvalue weighted by Crippen LogP contribution is -2.18. The van der Waals surface area contributed by atoms with Crippen LogP contribution in [0.5, 0.6) is 0 Å². The predicted octanol–water partition coefficient (Wildman–Crippen LogP) is 0.137. The van der Waals surface area contributed by atoms with E-state index in [9.17, 15) is 9.59 Å². The van der Waals surface area contributed by atoms with Gasteiger partial charge in [-0.3, -0.25) is 9.59 Å². The molecule has 0 aliphatic rings. The van der Waals surface area contributed by atoms with Crippen LogP contribution in [0.1, 0.15) is 20.3 Å². The molecule has 0 heterocycles. The maximum atomic E-state index is 10.8. The van der Waals surface area contributed by atoms with E-state index in [0.29, 0.717) is 6.42 Å². The quantitative estimate of drug-likeness (QED) is 0.602. The Morgan fingerprint density at radius 2 is 2.00 bits per heavy atom. The highest BCUT2D eigenvalue weighted by Crippen LogP contribution is 2.03. The minimum atomic E-state index is -0.399. The van der Waals surface area contributed by atoms with Gasteiger partial charge in [-0.1, -0.05) is 0 Å². The van der Waals surface area contributed by atoms with Gasteiger partial charge < -0.3 is 9.84 Å². The van der Waals surface area contributed by atoms with Gasteiger partial charge in [0.25, 0.3) is 0 Å². The van der Waals surface area contributed by atoms with Crippen molar-refractivity contribution in [1.82, 2.24) is 0 Å². The molecule has 0 aromatic carbocycles. The Morgan fingerprint density at radius 1 is 1.42 bits per heavy atom. The fraction of sp³-hybridized carbons (Fsp3) is 0.750. The topological polar surface area (TPSA) is 63.6 Å². The molecular weight excluding hydrogens is 160 g/mol. The van der Waals surface area contributed by atoms with Crippen LogP contribution < -0.4 is 0 Å². The zero-order valence-corrected chi connectivity index (χ0v) is 7.37. The van der Waals surface area contributed by atoms with Gasteiger partial charge in [0.05, 0.1) is 13.2 Å². The van der Waals surface area contributed by atoms with E-state index in [1.807, 2.05) is 0 Å². The molecule has 0 aliphatic carbocycles. The van der Waals surface area contributed by atoms with Crippen LogP contribution in [0.2, 0.25) is 0 Å². The number of carbonyl (C=O) groups is 2. The molecule has 0 saturated carbocycles. The zero-order chi connectivity index (χ0) is 9.56. The third kappa shape index (κ3) is 4.85. The molecule has 0 aromatic heterocycles. The minimum Gasteiger partial charge on any atom is -0.466 e. The molecule has 0 amide bonds. The number of hydrogen-bond acceptors (Lipinski definition) is 4. The summed E-state index contributed by atoms with van der Waals surface area (Å²) in [5, 5.41) is 8.70. The van der Waals surface area contributed by atoms with E-state index in [4.69, 9.17) is 5.11 Å². The summed E-state index contributed by atoms with van der Waals surface area (Å²) < 4.78 is 4.62. The molecule has 1 atom stereocenters. The van der Waals surface area contributed by atoms with Crippen LogP contribution in [0.25, 0.3) is 0 Å². The zero-order valence-electron chi connectivity index (χ0n) is 7.37. The van der Waals surface area contributed by atoms with Gasteiger partial charge in [-0.25, -0.2) is 0 Å². The first-order chi connectivity index (χ1) is 5.57. The Labute approximate surface area is 71.5 Å². The highest BCUT2D eigenvalue weighted by Gasteiger charge is 2.12. The summed E-state index contributed by atoms with van der Waals surface area (Å²) in [6, 6.07) is 0. The first-order valence-corrected chi connectivity index (χ1v) is 3.82. The highest BCUT2D eigenvalue weighted by atomic mass is 16.5. The van der Waals surface area contributed by atoms with Crippen LogP contribution in [0.15, 0.2) is 0 Å². The van der Waals surface area contributed by atoms with Crippen LogP contribution in [-0.4, -0.2) is 30.1 Å². The van der Waals surface area contributed by atoms with Crippen molar-refractivity contribution in [2.75, 3.05) is 13.2 Å². The monoisotopic (exact) mass is 174 g/mol. The van der Waals surface area contributed by atoms with Gasteiger partial charge >= 0.3 is 5.97 Å². The summed E-state index contributed by atoms with van der Waals surface area (Å²) in [4.78, 5) is 21.1. The van der Waals surface area contributed by atoms with Gasteiger partial charge in [0.1, 0.15) is 5.78 Å². The molecule has 4 heteroatoms. The number of carbonyl (C=O) groups excluding carboxylic acids is 2. The number of aliphatic hydroxyl groups is 1. The summed E-state index contributed by atoms with van der Waals surface area (Å²) in [5.74, 6) is -0.843. The number of esters is 1. The molecule has 0 radical (unpaired) electrons. The predicted molar refractivity (Wildman–Crippen MR) is 42.5 cm³/mol. The Balaban J connectivity index is 3.59. The average Bonchev–Trinajstić information content (AvgIpc) is 1.96. The summed E-state index contributed by atoms with van der Waals surface area (Å²) in [6.07, 6.45) is 0.394. The molecule has 1 N–H and O–H groups in total. The van der Waals surface area contributed by atoms with Crippen LogP contribution >= 0.6 is 0 Å². The van der Waals surface area contributed by atoms with Crippen molar-refractivity contribution in [1.29, 1.82) is 0 Å². The fourth-order valence-corrected chi connectivity index (χ4v) is 0.768. The third-order valence-corrected chi connectivity index (χ3v) is 1.57. The van der Waals surface area contributed by atoms with Crippen molar-refractivity contribution in [3.63, 3.8) is 0 Å². The minimum absolute atomic E-state index is 0.0790. The maximum absolute atomic E-state index is 10.8. The van der Waals surface area contributed by atoms with Gasteiger partial charge in [0.2, 0.25) is 0 Å². The van der Waals surface area contributed by atoms with Gasteiger partial charge in [-0.2, -0.15) is 0 Å². The highest BCUT2D eigenvalue weighted by molar-refractivity contribution is 5.78. The second kappa shape index (κ2) is 5.71. The number of aliphatic hydroxyl groups excluding tert-OH is 1. The summed E-state index contributed by atoms with van der Waals surface area (Å²) in [6.45, 7) is 2.73. The standard InChI is InChI=1S/C8H14O4/c1-6(10)8(5-9)3-4-12-7(2)11/h8-9H,3-5H2,1-2H3. The summed E-state index contributed by atoms with van der Waals surface area (Å²) in [5.41, 5.74) is 0. The maximum Gasteiger partial charge on any atom is 0.302 e. The van der Waals surface area contributed by atoms with E-state index in [1.54, 1.807) is 0 Å². The molecule has 1 unspecified atom stereocenters. The molecule has 0 spiro atoms. The number of hydrogen-bond donors (Lipinski definition) is 1. The number of Topliss-reactive ketones (excluding diaryl/α,β-unsaturated/α-hetero) is 1. The van der Waals surface area contributed by atoms with Gasteiger partial charge in [-0.05, 0) is 13.3 Å². The second-order valence-electron chi connectivity index (χ2n) is 2.62. The molecule has 0 aromatic rings. The molecule has 0 saturated heterocycles. The molecule has 0 rings (SSSR count). The number of rotatable bonds is 5. The summed E-state index contributed by atoms with van der Waals surface area (Å²) in [7, 11) is 0. The molecule has 12 heavy (non-hydrogen) atoms. The Hall–Kier alpha value is -0.900. The Kier molecular flexibility index (Phi) is 5.28. The van der Waals surface area contributed by atoms with Crippen molar-refractivity contribution in [3.05, 3.63) is 0 Å². The average molecular weight is 174 g/mol. The molecule has 0 bridgehead atoms. The molecular formula is C8H14O4. The first-order valence-electron chi connectivity index (χ1n) is 3.82. The van der Waals surface area contributed by atoms with Crippen LogP contribution in [0.4, 0.5) is 0 Å². The molecule has 0 aliphatic heterocycles. The molecule has 4 nitrogen and oxygen atoms in total. The van der Waals surface area contributed by atoms with E-state index in [0.717, 1.165) is 0 Å². The van der Waals surface area contributed by atoms with Crippen molar-refractivity contribution in [3.8, 4) is 0 Å². The fourth-order valence-electron chi connectivity index (χ4n) is 0.768. The van der Waals surface area contributed by atoms with Crippen LogP contribution in [0, 0.1) is 5.92 Å². The van der Waals surface area contributed by atoms with Gasteiger partial charge in [0, 0.05) is 12.8 Å². The van der Waals surface area contributed by atoms with Crippen molar-refractivity contribution in [2.24, 2.45) is 5.92 Å². The van der Waals surface area contributed by atoms with Crippen molar-refractivity contribution >= 4 is 11.8 Å². The van der Waals surface area contributed by atoms with Crippen molar-refractivity contribution < 1.29 is 19.4 Å². The Morgan fingerprint density at radius 3 is 2.33 bits per heavy atom. The van der Waals surface area contributed by atoms with E-state index < -0.39 is 5.92 Å². The van der Waals surface area contributed by atoms with E-state index >= 15 is 0 Å². The van der Waals surface area contributed by atoms with E-state index in [-0.39, 0.29) is 25.0 Å². The molecule has 0 fully saturated rings. The lowest BCUT2D eigenvalue weighted by atomic mass is 10.0. The third-order valence-electron chi connectivity index (χ3n) is 1.57. The first kappa shape index (κ1) is 11.1. The van der Waals surface area contributed by atoms with E-state index in [2.05, 4.69) is 4.74 Å². The van der Waals surface area contributed by atoms with Crippen LogP contribution in [-0.2, 0) is 14.3 Å². The Bertz CT molecular complexity index is 164. The van der Waals surface area contributed by atoms with Crippen LogP contribution in [0.3, 0.4) is 0 Å². The smallest absolute Gasteiger partial charge is 0.302 e. The van der Waals surface area contributed by atoms with Crippen molar-refractivity contribution in [2.45, 2.75) is 20.3 Å². The molecule has 70 valence electrons. The second-order valence-corrected chi connectivity index (χ2v) is 2.62. The lowest BCUT2D eigenvalue weighted by molar-refractivity contribution is -0.142. The largest absolute Gasteiger partial charge is 0.466 e. The lowest BCUT2D eigenvalue weighted by Gasteiger charge is -2.09.